The zero-order chi connectivity index (χ0) is 15.6. The van der Waals surface area contributed by atoms with Crippen LogP contribution in [-0.4, -0.2) is 45.5 Å². The Labute approximate surface area is 131 Å². The van der Waals surface area contributed by atoms with Crippen LogP contribution in [0, 0.1) is 0 Å². The predicted molar refractivity (Wildman–Crippen MR) is 87.5 cm³/mol. The lowest BCUT2D eigenvalue weighted by atomic mass is 10.1. The van der Waals surface area contributed by atoms with Crippen LogP contribution in [0.3, 0.4) is 0 Å². The van der Waals surface area contributed by atoms with Crippen LogP contribution in [0.2, 0.25) is 0 Å². The SMILES string of the molecule is COc1ccccc1NC(N)=NCCCOC1CCOCC1. The average Bonchev–Trinajstić information content (AvgIpc) is 2.56. The van der Waals surface area contributed by atoms with Gasteiger partial charge in [0.15, 0.2) is 5.96 Å². The number of aliphatic imine (C=N–C) groups is 1. The smallest absolute Gasteiger partial charge is 0.193 e. The molecule has 1 aliphatic heterocycles. The maximum absolute atomic E-state index is 5.88. The van der Waals surface area contributed by atoms with E-state index in [0.29, 0.717) is 25.2 Å². The third-order valence-corrected chi connectivity index (χ3v) is 3.48. The van der Waals surface area contributed by atoms with Crippen molar-refractivity contribution in [2.75, 3.05) is 38.8 Å². The van der Waals surface area contributed by atoms with Crippen molar-refractivity contribution in [3.8, 4) is 5.75 Å². The lowest BCUT2D eigenvalue weighted by molar-refractivity contribution is -0.0318. The number of ether oxygens (including phenoxy) is 3. The van der Waals surface area contributed by atoms with E-state index in [0.717, 1.165) is 43.9 Å². The number of anilines is 1. The topological polar surface area (TPSA) is 78.1 Å². The molecule has 122 valence electrons. The first-order valence-electron chi connectivity index (χ1n) is 7.69. The molecule has 3 N–H and O–H groups in total. The maximum Gasteiger partial charge on any atom is 0.193 e. The van der Waals surface area contributed by atoms with Gasteiger partial charge in [-0.1, -0.05) is 12.1 Å². The molecule has 0 atom stereocenters. The van der Waals surface area contributed by atoms with Crippen LogP contribution in [0.15, 0.2) is 29.3 Å². The molecule has 1 aromatic carbocycles. The third-order valence-electron chi connectivity index (χ3n) is 3.48. The van der Waals surface area contributed by atoms with Crippen LogP contribution in [-0.2, 0) is 9.47 Å². The van der Waals surface area contributed by atoms with Crippen molar-refractivity contribution >= 4 is 11.6 Å². The van der Waals surface area contributed by atoms with Crippen molar-refractivity contribution in [3.63, 3.8) is 0 Å². The summed E-state index contributed by atoms with van der Waals surface area (Å²) in [5, 5.41) is 3.05. The van der Waals surface area contributed by atoms with Crippen LogP contribution in [0.4, 0.5) is 5.69 Å². The molecule has 0 spiro atoms. The Bertz CT molecular complexity index is 473. The lowest BCUT2D eigenvalue weighted by Crippen LogP contribution is -2.24. The molecule has 1 saturated heterocycles. The van der Waals surface area contributed by atoms with Gasteiger partial charge in [-0.25, -0.2) is 0 Å². The highest BCUT2D eigenvalue weighted by Gasteiger charge is 2.13. The summed E-state index contributed by atoms with van der Waals surface area (Å²) in [7, 11) is 1.63. The molecule has 0 aliphatic carbocycles. The number of hydrogen-bond donors (Lipinski definition) is 2. The summed E-state index contributed by atoms with van der Waals surface area (Å²) in [4.78, 5) is 4.30. The Hall–Kier alpha value is -1.79. The van der Waals surface area contributed by atoms with Crippen molar-refractivity contribution in [2.24, 2.45) is 10.7 Å². The van der Waals surface area contributed by atoms with Gasteiger partial charge in [-0.3, -0.25) is 4.99 Å². The minimum Gasteiger partial charge on any atom is -0.495 e. The van der Waals surface area contributed by atoms with Crippen LogP contribution in [0.25, 0.3) is 0 Å². The summed E-state index contributed by atoms with van der Waals surface area (Å²) in [5.41, 5.74) is 6.69. The maximum atomic E-state index is 5.88. The molecule has 1 aromatic rings. The fraction of sp³-hybridized carbons (Fsp3) is 0.562. The summed E-state index contributed by atoms with van der Waals surface area (Å²) in [6.07, 6.45) is 3.16. The van der Waals surface area contributed by atoms with Crippen LogP contribution < -0.4 is 15.8 Å². The molecule has 0 unspecified atom stereocenters. The highest BCUT2D eigenvalue weighted by atomic mass is 16.5. The number of methoxy groups -OCH3 is 1. The second-order valence-corrected chi connectivity index (χ2v) is 5.13. The highest BCUT2D eigenvalue weighted by molar-refractivity contribution is 5.93. The molecule has 0 radical (unpaired) electrons. The normalized spacial score (nSPS) is 16.5. The Morgan fingerprint density at radius 1 is 1.36 bits per heavy atom. The van der Waals surface area contributed by atoms with Gasteiger partial charge in [0.1, 0.15) is 5.75 Å². The van der Waals surface area contributed by atoms with Crippen molar-refractivity contribution in [3.05, 3.63) is 24.3 Å². The van der Waals surface area contributed by atoms with Gasteiger partial charge in [-0.05, 0) is 31.4 Å². The highest BCUT2D eigenvalue weighted by Crippen LogP contribution is 2.22. The van der Waals surface area contributed by atoms with Gasteiger partial charge < -0.3 is 25.3 Å². The van der Waals surface area contributed by atoms with Gasteiger partial charge in [-0.15, -0.1) is 0 Å². The van der Waals surface area contributed by atoms with E-state index in [-0.39, 0.29) is 0 Å². The molecule has 6 heteroatoms. The number of hydrogen-bond acceptors (Lipinski definition) is 4. The second-order valence-electron chi connectivity index (χ2n) is 5.13. The van der Waals surface area contributed by atoms with Gasteiger partial charge in [0.25, 0.3) is 0 Å². The molecule has 6 nitrogen and oxygen atoms in total. The van der Waals surface area contributed by atoms with Gasteiger partial charge in [0.05, 0.1) is 18.9 Å². The Morgan fingerprint density at radius 3 is 2.91 bits per heavy atom. The van der Waals surface area contributed by atoms with Crippen LogP contribution >= 0.6 is 0 Å². The number of rotatable bonds is 7. The first-order valence-corrected chi connectivity index (χ1v) is 7.69. The quantitative estimate of drug-likeness (QED) is 0.458. The molecule has 1 heterocycles. The molecule has 0 bridgehead atoms. The third kappa shape index (κ3) is 5.54. The zero-order valence-corrected chi connectivity index (χ0v) is 13.1. The Balaban J connectivity index is 1.66. The molecular formula is C16H25N3O3. The van der Waals surface area contributed by atoms with Crippen molar-refractivity contribution in [1.82, 2.24) is 0 Å². The van der Waals surface area contributed by atoms with E-state index < -0.39 is 0 Å². The summed E-state index contributed by atoms with van der Waals surface area (Å²) in [5.74, 6) is 1.12. The van der Waals surface area contributed by atoms with Gasteiger partial charge in [0.2, 0.25) is 0 Å². The van der Waals surface area contributed by atoms with E-state index in [1.807, 2.05) is 24.3 Å². The van der Waals surface area contributed by atoms with Gasteiger partial charge in [0, 0.05) is 26.4 Å². The molecule has 1 fully saturated rings. The number of guanidine groups is 1. The fourth-order valence-corrected chi connectivity index (χ4v) is 2.28. The Morgan fingerprint density at radius 2 is 2.14 bits per heavy atom. The molecule has 0 amide bonds. The summed E-state index contributed by atoms with van der Waals surface area (Å²) >= 11 is 0. The largest absolute Gasteiger partial charge is 0.495 e. The van der Waals surface area contributed by atoms with E-state index >= 15 is 0 Å². The number of nitrogens with two attached hydrogens (primary N) is 1. The van der Waals surface area contributed by atoms with E-state index in [1.165, 1.54) is 0 Å². The van der Waals surface area contributed by atoms with Crippen LogP contribution in [0.5, 0.6) is 5.75 Å². The lowest BCUT2D eigenvalue weighted by Gasteiger charge is -2.22. The van der Waals surface area contributed by atoms with E-state index in [4.69, 9.17) is 19.9 Å². The first-order chi connectivity index (χ1) is 10.8. The van der Waals surface area contributed by atoms with E-state index in [1.54, 1.807) is 7.11 Å². The monoisotopic (exact) mass is 307 g/mol. The van der Waals surface area contributed by atoms with Crippen molar-refractivity contribution < 1.29 is 14.2 Å². The molecule has 22 heavy (non-hydrogen) atoms. The molecule has 1 aliphatic rings. The van der Waals surface area contributed by atoms with E-state index in [9.17, 15) is 0 Å². The summed E-state index contributed by atoms with van der Waals surface area (Å²) in [6, 6.07) is 7.59. The number of para-hydroxylation sites is 2. The fourth-order valence-electron chi connectivity index (χ4n) is 2.28. The minimum atomic E-state index is 0.335. The number of benzene rings is 1. The van der Waals surface area contributed by atoms with Crippen molar-refractivity contribution in [2.45, 2.75) is 25.4 Å². The molecule has 0 saturated carbocycles. The van der Waals surface area contributed by atoms with Gasteiger partial charge >= 0.3 is 0 Å². The van der Waals surface area contributed by atoms with Crippen molar-refractivity contribution in [1.29, 1.82) is 0 Å². The van der Waals surface area contributed by atoms with E-state index in [2.05, 4.69) is 10.3 Å². The summed E-state index contributed by atoms with van der Waals surface area (Å²) < 4.78 is 16.3. The van der Waals surface area contributed by atoms with Gasteiger partial charge in [-0.2, -0.15) is 0 Å². The molecule has 2 rings (SSSR count). The average molecular weight is 307 g/mol. The first kappa shape index (κ1) is 16.6. The minimum absolute atomic E-state index is 0.335. The predicted octanol–water partition coefficient (Wildman–Crippen LogP) is 2.01. The molecular weight excluding hydrogens is 282 g/mol. The standard InChI is InChI=1S/C16H25N3O3/c1-20-15-6-3-2-5-14(15)19-16(17)18-9-4-10-22-13-7-11-21-12-8-13/h2-3,5-6,13H,4,7-12H2,1H3,(H3,17,18,19). The Kier molecular flexibility index (Phi) is 6.99. The summed E-state index contributed by atoms with van der Waals surface area (Å²) in [6.45, 7) is 2.95. The zero-order valence-electron chi connectivity index (χ0n) is 13.1. The number of nitrogens with one attached hydrogen (secondary N) is 1. The van der Waals surface area contributed by atoms with Crippen LogP contribution in [0.1, 0.15) is 19.3 Å². The molecule has 0 aromatic heterocycles. The number of nitrogens with zero attached hydrogens (tertiary/aromatic N) is 1. The second kappa shape index (κ2) is 9.27.